The number of carbonyl (C=O) groups is 1. The van der Waals surface area contributed by atoms with Crippen LogP contribution in [0.1, 0.15) is 5.56 Å². The van der Waals surface area contributed by atoms with Gasteiger partial charge in [0.25, 0.3) is 0 Å². The summed E-state index contributed by atoms with van der Waals surface area (Å²) in [6.07, 6.45) is 2.24. The van der Waals surface area contributed by atoms with Crippen molar-refractivity contribution in [2.45, 2.75) is 6.42 Å². The molecule has 0 unspecified atom stereocenters. The van der Waals surface area contributed by atoms with Gasteiger partial charge in [0.15, 0.2) is 0 Å². The monoisotopic (exact) mass is 225 g/mol. The minimum absolute atomic E-state index is 0.0225. The molecule has 82 valence electrons. The van der Waals surface area contributed by atoms with Gasteiger partial charge in [-0.1, -0.05) is 42.3 Å². The first-order valence-corrected chi connectivity index (χ1v) is 5.77. The second kappa shape index (κ2) is 6.44. The smallest absolute Gasteiger partial charge is 0.225 e. The van der Waals surface area contributed by atoms with Crippen LogP contribution in [0, 0.1) is 0 Å². The van der Waals surface area contributed by atoms with Crippen LogP contribution in [-0.4, -0.2) is 23.2 Å². The molecule has 0 aliphatic heterocycles. The molecule has 0 bridgehead atoms. The van der Waals surface area contributed by atoms with Gasteiger partial charge in [-0.15, -0.1) is 0 Å². The predicted molar refractivity (Wildman–Crippen MR) is 62.7 cm³/mol. The van der Waals surface area contributed by atoms with E-state index < -0.39 is 0 Å². The molecule has 0 aromatic heterocycles. The molecule has 0 heterocycles. The Bertz CT molecular complexity index is 305. The van der Waals surface area contributed by atoms with E-state index in [1.54, 1.807) is 0 Å². The molecule has 0 aliphatic carbocycles. The van der Waals surface area contributed by atoms with E-state index in [1.165, 1.54) is 16.4 Å². The van der Waals surface area contributed by atoms with Crippen molar-refractivity contribution in [2.75, 3.05) is 12.9 Å². The summed E-state index contributed by atoms with van der Waals surface area (Å²) >= 11 is 1.37. The van der Waals surface area contributed by atoms with Gasteiger partial charge in [-0.25, -0.2) is 0 Å². The summed E-state index contributed by atoms with van der Waals surface area (Å²) in [5.74, 6) is 5.47. The zero-order valence-corrected chi connectivity index (χ0v) is 9.46. The van der Waals surface area contributed by atoms with Gasteiger partial charge < -0.3 is 5.32 Å². The molecule has 5 heteroatoms. The molecule has 15 heavy (non-hydrogen) atoms. The molecule has 0 fully saturated rings. The van der Waals surface area contributed by atoms with Crippen molar-refractivity contribution < 1.29 is 4.79 Å². The van der Waals surface area contributed by atoms with Gasteiger partial charge >= 0.3 is 0 Å². The van der Waals surface area contributed by atoms with Crippen LogP contribution in [0.25, 0.3) is 0 Å². The SMILES string of the molecule is CSN(N)CNC(=O)Cc1ccccc1. The quantitative estimate of drug-likeness (QED) is 0.336. The largest absolute Gasteiger partial charge is 0.341 e. The highest BCUT2D eigenvalue weighted by atomic mass is 32.2. The molecular weight excluding hydrogens is 210 g/mol. The Morgan fingerprint density at radius 1 is 1.47 bits per heavy atom. The molecule has 3 N–H and O–H groups in total. The van der Waals surface area contributed by atoms with Gasteiger partial charge in [0.05, 0.1) is 13.1 Å². The van der Waals surface area contributed by atoms with Gasteiger partial charge in [-0.2, -0.15) is 4.41 Å². The summed E-state index contributed by atoms with van der Waals surface area (Å²) in [6, 6.07) is 9.61. The zero-order valence-electron chi connectivity index (χ0n) is 8.64. The highest BCUT2D eigenvalue weighted by molar-refractivity contribution is 7.96. The van der Waals surface area contributed by atoms with E-state index in [0.29, 0.717) is 13.1 Å². The van der Waals surface area contributed by atoms with Crippen molar-refractivity contribution in [1.82, 2.24) is 9.73 Å². The number of amides is 1. The van der Waals surface area contributed by atoms with Crippen molar-refractivity contribution in [1.29, 1.82) is 0 Å². The van der Waals surface area contributed by atoms with Crippen LogP contribution in [-0.2, 0) is 11.2 Å². The van der Waals surface area contributed by atoms with E-state index in [1.807, 2.05) is 36.6 Å². The van der Waals surface area contributed by atoms with Crippen LogP contribution in [0.2, 0.25) is 0 Å². The van der Waals surface area contributed by atoms with Crippen molar-refractivity contribution >= 4 is 17.9 Å². The summed E-state index contributed by atoms with van der Waals surface area (Å²) < 4.78 is 1.46. The van der Waals surface area contributed by atoms with Crippen molar-refractivity contribution in [3.8, 4) is 0 Å². The van der Waals surface area contributed by atoms with E-state index >= 15 is 0 Å². The molecule has 1 amide bonds. The van der Waals surface area contributed by atoms with Crippen LogP contribution < -0.4 is 11.2 Å². The van der Waals surface area contributed by atoms with Crippen molar-refractivity contribution in [2.24, 2.45) is 5.84 Å². The van der Waals surface area contributed by atoms with E-state index in [0.717, 1.165) is 5.56 Å². The third-order valence-electron chi connectivity index (χ3n) is 1.87. The lowest BCUT2D eigenvalue weighted by Gasteiger charge is -2.12. The topological polar surface area (TPSA) is 58.4 Å². The Hall–Kier alpha value is -1.04. The molecule has 0 spiro atoms. The molecule has 0 saturated heterocycles. The van der Waals surface area contributed by atoms with Crippen LogP contribution >= 0.6 is 11.9 Å². The third-order valence-corrected chi connectivity index (χ3v) is 2.47. The van der Waals surface area contributed by atoms with Crippen molar-refractivity contribution in [3.63, 3.8) is 0 Å². The average molecular weight is 225 g/mol. The van der Waals surface area contributed by atoms with Gasteiger partial charge in [0.2, 0.25) is 5.91 Å². The van der Waals surface area contributed by atoms with Crippen LogP contribution in [0.15, 0.2) is 30.3 Å². The molecule has 1 rings (SSSR count). The summed E-state index contributed by atoms with van der Waals surface area (Å²) in [4.78, 5) is 11.4. The Labute approximate surface area is 93.9 Å². The van der Waals surface area contributed by atoms with E-state index in [4.69, 9.17) is 5.84 Å². The van der Waals surface area contributed by atoms with E-state index in [2.05, 4.69) is 5.32 Å². The summed E-state index contributed by atoms with van der Waals surface area (Å²) in [7, 11) is 0. The minimum atomic E-state index is -0.0225. The molecule has 1 aromatic carbocycles. The van der Waals surface area contributed by atoms with Gasteiger partial charge in [-0.05, 0) is 11.8 Å². The maximum atomic E-state index is 11.4. The van der Waals surface area contributed by atoms with Crippen LogP contribution in [0.5, 0.6) is 0 Å². The Morgan fingerprint density at radius 2 is 2.13 bits per heavy atom. The summed E-state index contributed by atoms with van der Waals surface area (Å²) in [6.45, 7) is 0.354. The maximum Gasteiger partial charge on any atom is 0.225 e. The molecule has 0 atom stereocenters. The highest BCUT2D eigenvalue weighted by Gasteiger charge is 2.03. The first-order valence-electron chi connectivity index (χ1n) is 4.59. The number of nitrogens with zero attached hydrogens (tertiary/aromatic N) is 1. The lowest BCUT2D eigenvalue weighted by atomic mass is 10.1. The number of hydrogen-bond acceptors (Lipinski definition) is 4. The van der Waals surface area contributed by atoms with E-state index in [-0.39, 0.29) is 5.91 Å². The number of nitrogens with one attached hydrogen (secondary N) is 1. The first kappa shape index (κ1) is 12.0. The van der Waals surface area contributed by atoms with E-state index in [9.17, 15) is 4.79 Å². The first-order chi connectivity index (χ1) is 7.22. The molecular formula is C10H15N3OS. The number of benzene rings is 1. The number of carbonyl (C=O) groups excluding carboxylic acids is 1. The normalized spacial score (nSPS) is 10.3. The standard InChI is InChI=1S/C10H15N3OS/c1-15-13(11)8-12-10(14)7-9-5-3-2-4-6-9/h2-6H,7-8,11H2,1H3,(H,12,14). The second-order valence-electron chi connectivity index (χ2n) is 3.02. The van der Waals surface area contributed by atoms with Crippen LogP contribution in [0.4, 0.5) is 0 Å². The number of hydrazine groups is 1. The number of nitrogens with two attached hydrogens (primary N) is 1. The molecule has 0 aliphatic rings. The fourth-order valence-electron chi connectivity index (χ4n) is 1.07. The number of rotatable bonds is 5. The average Bonchev–Trinajstić information content (AvgIpc) is 2.27. The zero-order chi connectivity index (χ0) is 11.1. The fraction of sp³-hybridized carbons (Fsp3) is 0.300. The second-order valence-corrected chi connectivity index (χ2v) is 3.85. The Kier molecular flexibility index (Phi) is 5.17. The maximum absolute atomic E-state index is 11.4. The summed E-state index contributed by atoms with van der Waals surface area (Å²) in [5, 5.41) is 2.72. The molecule has 0 radical (unpaired) electrons. The lowest BCUT2D eigenvalue weighted by Crippen LogP contribution is -2.38. The highest BCUT2D eigenvalue weighted by Crippen LogP contribution is 1.99. The predicted octanol–water partition coefficient (Wildman–Crippen LogP) is 0.756. The summed E-state index contributed by atoms with van der Waals surface area (Å²) in [5.41, 5.74) is 1.00. The van der Waals surface area contributed by atoms with Gasteiger partial charge in [0.1, 0.15) is 0 Å². The Balaban J connectivity index is 2.31. The van der Waals surface area contributed by atoms with Gasteiger partial charge in [-0.3, -0.25) is 10.6 Å². The third kappa shape index (κ3) is 4.83. The molecule has 1 aromatic rings. The molecule has 0 saturated carbocycles. The molecule has 4 nitrogen and oxygen atoms in total. The van der Waals surface area contributed by atoms with Gasteiger partial charge in [0, 0.05) is 0 Å². The van der Waals surface area contributed by atoms with Crippen molar-refractivity contribution in [3.05, 3.63) is 35.9 Å². The minimum Gasteiger partial charge on any atom is -0.341 e. The van der Waals surface area contributed by atoms with Crippen LogP contribution in [0.3, 0.4) is 0 Å². The fourth-order valence-corrected chi connectivity index (χ4v) is 1.27. The Morgan fingerprint density at radius 3 is 2.73 bits per heavy atom. The number of hydrogen-bond donors (Lipinski definition) is 2. The lowest BCUT2D eigenvalue weighted by molar-refractivity contribution is -0.120.